The second-order valence-corrected chi connectivity index (χ2v) is 4.73. The van der Waals surface area contributed by atoms with Gasteiger partial charge in [0.25, 0.3) is 0 Å². The summed E-state index contributed by atoms with van der Waals surface area (Å²) in [5, 5.41) is 0. The quantitative estimate of drug-likeness (QED) is 0.547. The molecule has 23 heavy (non-hydrogen) atoms. The Bertz CT molecular complexity index is 906. The maximum absolute atomic E-state index is 14.0. The van der Waals surface area contributed by atoms with E-state index in [1.807, 2.05) is 0 Å². The molecule has 0 bridgehead atoms. The fourth-order valence-electron chi connectivity index (χ4n) is 2.28. The van der Waals surface area contributed by atoms with E-state index in [2.05, 4.69) is 4.98 Å². The molecule has 0 saturated carbocycles. The number of nitrogens with zero attached hydrogens (tertiary/aromatic N) is 2. The lowest BCUT2D eigenvalue weighted by Gasteiger charge is -2.07. The Balaban J connectivity index is 2.21. The van der Waals surface area contributed by atoms with Crippen molar-refractivity contribution in [2.75, 3.05) is 6.61 Å². The SMILES string of the molecule is CCOC(=O)c1cn2c(-c3cc(F)cc(F)c3F)cccc2n1. The van der Waals surface area contributed by atoms with Gasteiger partial charge in [0.05, 0.1) is 12.3 Å². The van der Waals surface area contributed by atoms with Gasteiger partial charge in [0.2, 0.25) is 0 Å². The molecule has 0 N–H and O–H groups in total. The lowest BCUT2D eigenvalue weighted by molar-refractivity contribution is 0.0520. The highest BCUT2D eigenvalue weighted by molar-refractivity contribution is 5.88. The third-order valence-electron chi connectivity index (χ3n) is 3.25. The van der Waals surface area contributed by atoms with E-state index in [0.29, 0.717) is 11.7 Å². The predicted octanol–water partition coefficient (Wildman–Crippen LogP) is 3.60. The third kappa shape index (κ3) is 2.65. The summed E-state index contributed by atoms with van der Waals surface area (Å²) in [6, 6.07) is 5.96. The van der Waals surface area contributed by atoms with Crippen LogP contribution in [0.3, 0.4) is 0 Å². The number of esters is 1. The van der Waals surface area contributed by atoms with E-state index < -0.39 is 23.4 Å². The molecule has 0 aliphatic heterocycles. The molecule has 0 spiro atoms. The smallest absolute Gasteiger partial charge is 0.358 e. The highest BCUT2D eigenvalue weighted by atomic mass is 19.2. The zero-order valence-corrected chi connectivity index (χ0v) is 12.0. The van der Waals surface area contributed by atoms with Crippen molar-refractivity contribution in [3.63, 3.8) is 0 Å². The topological polar surface area (TPSA) is 43.6 Å². The molecule has 2 heterocycles. The van der Waals surface area contributed by atoms with Gasteiger partial charge in [-0.15, -0.1) is 0 Å². The monoisotopic (exact) mass is 320 g/mol. The molecule has 0 fully saturated rings. The molecule has 2 aromatic heterocycles. The zero-order valence-electron chi connectivity index (χ0n) is 12.0. The molecule has 3 aromatic rings. The van der Waals surface area contributed by atoms with E-state index in [4.69, 9.17) is 4.74 Å². The largest absolute Gasteiger partial charge is 0.461 e. The Kier molecular flexibility index (Phi) is 3.77. The zero-order chi connectivity index (χ0) is 16.6. The van der Waals surface area contributed by atoms with Crippen LogP contribution < -0.4 is 0 Å². The number of rotatable bonds is 3. The number of hydrogen-bond donors (Lipinski definition) is 0. The molecule has 4 nitrogen and oxygen atoms in total. The number of fused-ring (bicyclic) bond motifs is 1. The second kappa shape index (κ2) is 5.75. The molecule has 0 amide bonds. The average molecular weight is 320 g/mol. The van der Waals surface area contributed by atoms with Crippen molar-refractivity contribution in [2.24, 2.45) is 0 Å². The van der Waals surface area contributed by atoms with Crippen LogP contribution in [0.25, 0.3) is 16.9 Å². The van der Waals surface area contributed by atoms with Gasteiger partial charge < -0.3 is 4.74 Å². The summed E-state index contributed by atoms with van der Waals surface area (Å²) in [6.07, 6.45) is 1.34. The number of halogens is 3. The number of hydrogen-bond acceptors (Lipinski definition) is 3. The molecule has 1 aromatic carbocycles. The first-order valence-electron chi connectivity index (χ1n) is 6.81. The van der Waals surface area contributed by atoms with Gasteiger partial charge in [-0.2, -0.15) is 0 Å². The fraction of sp³-hybridized carbons (Fsp3) is 0.125. The van der Waals surface area contributed by atoms with Gasteiger partial charge in [0.15, 0.2) is 17.3 Å². The van der Waals surface area contributed by atoms with E-state index in [1.165, 1.54) is 16.7 Å². The number of ether oxygens (including phenoxy) is 1. The maximum atomic E-state index is 14.0. The first-order valence-corrected chi connectivity index (χ1v) is 6.81. The molecule has 0 radical (unpaired) electrons. The predicted molar refractivity (Wildman–Crippen MR) is 76.5 cm³/mol. The Morgan fingerprint density at radius 3 is 2.78 bits per heavy atom. The van der Waals surface area contributed by atoms with Gasteiger partial charge >= 0.3 is 5.97 Å². The minimum atomic E-state index is -1.29. The normalized spacial score (nSPS) is 11.0. The number of benzene rings is 1. The van der Waals surface area contributed by atoms with Crippen LogP contribution >= 0.6 is 0 Å². The van der Waals surface area contributed by atoms with Crippen molar-refractivity contribution in [3.8, 4) is 11.3 Å². The Morgan fingerprint density at radius 2 is 2.04 bits per heavy atom. The van der Waals surface area contributed by atoms with Crippen molar-refractivity contribution in [3.05, 3.63) is 59.7 Å². The fourth-order valence-corrected chi connectivity index (χ4v) is 2.28. The van der Waals surface area contributed by atoms with Gasteiger partial charge in [0.1, 0.15) is 11.5 Å². The van der Waals surface area contributed by atoms with Crippen molar-refractivity contribution in [1.29, 1.82) is 0 Å². The van der Waals surface area contributed by atoms with Gasteiger partial charge in [-0.3, -0.25) is 4.40 Å². The van der Waals surface area contributed by atoms with Gasteiger partial charge in [-0.05, 0) is 25.1 Å². The summed E-state index contributed by atoms with van der Waals surface area (Å²) in [5.74, 6) is -4.00. The summed E-state index contributed by atoms with van der Waals surface area (Å²) in [6.45, 7) is 1.84. The summed E-state index contributed by atoms with van der Waals surface area (Å²) in [4.78, 5) is 15.8. The number of carbonyl (C=O) groups is 1. The van der Waals surface area contributed by atoms with E-state index in [9.17, 15) is 18.0 Å². The third-order valence-corrected chi connectivity index (χ3v) is 3.25. The van der Waals surface area contributed by atoms with Crippen LogP contribution in [-0.2, 0) is 4.74 Å². The molecule has 0 aliphatic carbocycles. The summed E-state index contributed by atoms with van der Waals surface area (Å²) in [7, 11) is 0. The van der Waals surface area contributed by atoms with Gasteiger partial charge in [-0.1, -0.05) is 6.07 Å². The van der Waals surface area contributed by atoms with Crippen LogP contribution in [0, 0.1) is 17.5 Å². The number of carbonyl (C=O) groups excluding carboxylic acids is 1. The molecule has 0 aliphatic rings. The highest BCUT2D eigenvalue weighted by Crippen LogP contribution is 2.27. The number of aromatic nitrogens is 2. The number of imidazole rings is 1. The minimum Gasteiger partial charge on any atom is -0.461 e. The molecule has 7 heteroatoms. The van der Waals surface area contributed by atoms with Gasteiger partial charge in [0, 0.05) is 17.8 Å². The van der Waals surface area contributed by atoms with Crippen molar-refractivity contribution in [1.82, 2.24) is 9.38 Å². The molecule has 0 saturated heterocycles. The molecular formula is C16H11F3N2O2. The van der Waals surface area contributed by atoms with Crippen LogP contribution in [0.2, 0.25) is 0 Å². The second-order valence-electron chi connectivity index (χ2n) is 4.73. The van der Waals surface area contributed by atoms with E-state index in [1.54, 1.807) is 19.1 Å². The summed E-state index contributed by atoms with van der Waals surface area (Å²) < 4.78 is 47.1. The van der Waals surface area contributed by atoms with E-state index in [-0.39, 0.29) is 23.6 Å². The minimum absolute atomic E-state index is 0.0246. The van der Waals surface area contributed by atoms with Crippen LogP contribution in [0.5, 0.6) is 0 Å². The van der Waals surface area contributed by atoms with Crippen LogP contribution in [0.4, 0.5) is 13.2 Å². The number of pyridine rings is 1. The van der Waals surface area contributed by atoms with Crippen molar-refractivity contribution in [2.45, 2.75) is 6.92 Å². The molecule has 0 atom stereocenters. The first kappa shape index (κ1) is 15.1. The Labute approximate surface area is 129 Å². The molecular weight excluding hydrogens is 309 g/mol. The van der Waals surface area contributed by atoms with E-state index in [0.717, 1.165) is 6.07 Å². The van der Waals surface area contributed by atoms with Crippen LogP contribution in [-0.4, -0.2) is 22.0 Å². The van der Waals surface area contributed by atoms with Crippen LogP contribution in [0.15, 0.2) is 36.5 Å². The molecule has 0 unspecified atom stereocenters. The summed E-state index contributed by atoms with van der Waals surface area (Å²) in [5.41, 5.74) is 0.258. The Morgan fingerprint density at radius 1 is 1.26 bits per heavy atom. The lowest BCUT2D eigenvalue weighted by Crippen LogP contribution is -2.04. The summed E-state index contributed by atoms with van der Waals surface area (Å²) >= 11 is 0. The Hall–Kier alpha value is -2.83. The van der Waals surface area contributed by atoms with Gasteiger partial charge in [-0.25, -0.2) is 22.9 Å². The van der Waals surface area contributed by atoms with Crippen molar-refractivity contribution < 1.29 is 22.7 Å². The lowest BCUT2D eigenvalue weighted by atomic mass is 10.1. The van der Waals surface area contributed by atoms with E-state index >= 15 is 0 Å². The highest BCUT2D eigenvalue weighted by Gasteiger charge is 2.18. The maximum Gasteiger partial charge on any atom is 0.358 e. The standard InChI is InChI=1S/C16H11F3N2O2/c1-2-23-16(22)12-8-21-13(4-3-5-14(21)20-12)10-6-9(17)7-11(18)15(10)19/h3-8H,2H2,1H3. The average Bonchev–Trinajstić information content (AvgIpc) is 2.95. The molecule has 3 rings (SSSR count). The van der Waals surface area contributed by atoms with Crippen molar-refractivity contribution >= 4 is 11.6 Å². The molecule has 118 valence electrons. The van der Waals surface area contributed by atoms with Crippen LogP contribution in [0.1, 0.15) is 17.4 Å². The first-order chi connectivity index (χ1) is 11.0.